The number of benzene rings is 3. The molecule has 0 radical (unpaired) electrons. The molecule has 4 N–H and O–H groups in total. The maximum absolute atomic E-state index is 12.2. The fraction of sp³-hybridized carbons (Fsp3) is 0.323. The standard InChI is InChI=1S/C31H37N3O3.ClH/c32-28(22-26-14-5-2-6-15-26)31(37)33-21-9-16-29(35)34-30(36)23-27-19-17-25(18-20-27)13-8-7-12-24-10-3-1-4-11-24;/h1-6,10-11,14-15,17-20,28H,7-9,12-13,16,21-23,32H2,(H,33,37)(H,34,35,36);1H/t28-;/m0./s1. The molecule has 0 aliphatic heterocycles. The number of hydrogen-bond acceptors (Lipinski definition) is 4. The molecule has 0 aliphatic rings. The Hall–Kier alpha value is -3.48. The number of carbonyl (C=O) groups excluding carboxylic acids is 3. The van der Waals surface area contributed by atoms with Gasteiger partial charge in [-0.25, -0.2) is 0 Å². The first kappa shape index (κ1) is 30.7. The summed E-state index contributed by atoms with van der Waals surface area (Å²) in [5, 5.41) is 5.18. The molecule has 0 saturated carbocycles. The molecule has 1 atom stereocenters. The summed E-state index contributed by atoms with van der Waals surface area (Å²) >= 11 is 0. The maximum Gasteiger partial charge on any atom is 0.237 e. The molecule has 3 aromatic carbocycles. The minimum Gasteiger partial charge on any atom is -0.355 e. The first-order valence-corrected chi connectivity index (χ1v) is 13.0. The molecule has 0 aliphatic carbocycles. The first-order chi connectivity index (χ1) is 18.0. The van der Waals surface area contributed by atoms with Gasteiger partial charge >= 0.3 is 0 Å². The number of halogens is 1. The number of nitrogens with one attached hydrogen (secondary N) is 2. The molecular formula is C31H38ClN3O3. The summed E-state index contributed by atoms with van der Waals surface area (Å²) in [7, 11) is 0. The molecule has 0 saturated heterocycles. The zero-order valence-electron chi connectivity index (χ0n) is 21.7. The van der Waals surface area contributed by atoms with Crippen LogP contribution in [-0.2, 0) is 40.1 Å². The predicted molar refractivity (Wildman–Crippen MR) is 154 cm³/mol. The van der Waals surface area contributed by atoms with Crippen LogP contribution >= 0.6 is 12.4 Å². The second-order valence-electron chi connectivity index (χ2n) is 9.35. The summed E-state index contributed by atoms with van der Waals surface area (Å²) in [6, 6.07) is 27.4. The van der Waals surface area contributed by atoms with Crippen molar-refractivity contribution in [3.63, 3.8) is 0 Å². The predicted octanol–water partition coefficient (Wildman–Crippen LogP) is 4.33. The van der Waals surface area contributed by atoms with Gasteiger partial charge in [-0.05, 0) is 60.8 Å². The van der Waals surface area contributed by atoms with E-state index >= 15 is 0 Å². The van der Waals surface area contributed by atoms with Crippen molar-refractivity contribution in [2.75, 3.05) is 6.54 Å². The molecule has 3 rings (SSSR count). The highest BCUT2D eigenvalue weighted by Gasteiger charge is 2.14. The quantitative estimate of drug-likeness (QED) is 0.267. The van der Waals surface area contributed by atoms with Gasteiger partial charge in [0.25, 0.3) is 0 Å². The lowest BCUT2D eigenvalue weighted by Gasteiger charge is -2.12. The molecule has 3 amide bonds. The molecule has 7 heteroatoms. The van der Waals surface area contributed by atoms with Crippen LogP contribution in [0.1, 0.15) is 47.9 Å². The van der Waals surface area contributed by atoms with Crippen LogP contribution in [0.5, 0.6) is 0 Å². The summed E-state index contributed by atoms with van der Waals surface area (Å²) in [6.07, 6.45) is 5.54. The van der Waals surface area contributed by atoms with Gasteiger partial charge < -0.3 is 11.1 Å². The Morgan fingerprint density at radius 1 is 0.658 bits per heavy atom. The zero-order chi connectivity index (χ0) is 26.3. The highest BCUT2D eigenvalue weighted by Crippen LogP contribution is 2.11. The fourth-order valence-electron chi connectivity index (χ4n) is 4.13. The molecule has 0 aromatic heterocycles. The second-order valence-corrected chi connectivity index (χ2v) is 9.35. The summed E-state index contributed by atoms with van der Waals surface area (Å²) < 4.78 is 0. The number of carbonyl (C=O) groups is 3. The fourth-order valence-corrected chi connectivity index (χ4v) is 4.13. The minimum atomic E-state index is -0.640. The lowest BCUT2D eigenvalue weighted by Crippen LogP contribution is -2.42. The monoisotopic (exact) mass is 535 g/mol. The van der Waals surface area contributed by atoms with Crippen molar-refractivity contribution in [1.29, 1.82) is 0 Å². The van der Waals surface area contributed by atoms with Gasteiger partial charge in [0.1, 0.15) is 0 Å². The normalized spacial score (nSPS) is 11.2. The topological polar surface area (TPSA) is 101 Å². The van der Waals surface area contributed by atoms with Gasteiger partial charge in [-0.3, -0.25) is 19.7 Å². The number of amides is 3. The number of hydrogen-bond donors (Lipinski definition) is 3. The Morgan fingerprint density at radius 2 is 1.18 bits per heavy atom. The van der Waals surface area contributed by atoms with Crippen molar-refractivity contribution in [1.82, 2.24) is 10.6 Å². The highest BCUT2D eigenvalue weighted by molar-refractivity contribution is 5.96. The third-order valence-corrected chi connectivity index (χ3v) is 6.21. The Labute approximate surface area is 231 Å². The average molecular weight is 536 g/mol. The Bertz CT molecular complexity index is 1120. The van der Waals surface area contributed by atoms with E-state index in [0.717, 1.165) is 36.8 Å². The van der Waals surface area contributed by atoms with E-state index in [-0.39, 0.29) is 43.0 Å². The third kappa shape index (κ3) is 11.7. The van der Waals surface area contributed by atoms with Crippen LogP contribution in [0.15, 0.2) is 84.9 Å². The van der Waals surface area contributed by atoms with Crippen LogP contribution in [-0.4, -0.2) is 30.3 Å². The SMILES string of the molecule is Cl.N[C@@H](Cc1ccccc1)C(=O)NCCCC(=O)NC(=O)Cc1ccc(CCCCc2ccccc2)cc1. The summed E-state index contributed by atoms with van der Waals surface area (Å²) in [4.78, 5) is 36.5. The molecule has 0 fully saturated rings. The van der Waals surface area contributed by atoms with Crippen LogP contribution in [0.4, 0.5) is 0 Å². The minimum absolute atomic E-state index is 0. The van der Waals surface area contributed by atoms with Gasteiger partial charge in [0.05, 0.1) is 12.5 Å². The van der Waals surface area contributed by atoms with E-state index in [1.165, 1.54) is 11.1 Å². The van der Waals surface area contributed by atoms with E-state index in [0.29, 0.717) is 19.4 Å². The van der Waals surface area contributed by atoms with Crippen molar-refractivity contribution in [3.8, 4) is 0 Å². The molecule has 0 unspecified atom stereocenters. The lowest BCUT2D eigenvalue weighted by molar-refractivity contribution is -0.130. The summed E-state index contributed by atoms with van der Waals surface area (Å²) in [5.74, 6) is -0.919. The Morgan fingerprint density at radius 3 is 1.79 bits per heavy atom. The largest absolute Gasteiger partial charge is 0.355 e. The maximum atomic E-state index is 12.2. The van der Waals surface area contributed by atoms with Crippen molar-refractivity contribution in [3.05, 3.63) is 107 Å². The molecule has 0 spiro atoms. The van der Waals surface area contributed by atoms with Gasteiger partial charge in [-0.2, -0.15) is 0 Å². The van der Waals surface area contributed by atoms with Crippen molar-refractivity contribution < 1.29 is 14.4 Å². The van der Waals surface area contributed by atoms with Gasteiger partial charge in [0, 0.05) is 13.0 Å². The Kier molecular flexibility index (Phi) is 13.8. The van der Waals surface area contributed by atoms with Crippen molar-refractivity contribution >= 4 is 30.1 Å². The van der Waals surface area contributed by atoms with Gasteiger partial charge in [0.2, 0.25) is 17.7 Å². The molecular weight excluding hydrogens is 498 g/mol. The molecule has 3 aromatic rings. The molecule has 202 valence electrons. The molecule has 0 bridgehead atoms. The number of unbranched alkanes of at least 4 members (excludes halogenated alkanes) is 1. The Balaban J connectivity index is 0.00000507. The smallest absolute Gasteiger partial charge is 0.237 e. The number of imide groups is 1. The molecule has 0 heterocycles. The molecule has 38 heavy (non-hydrogen) atoms. The zero-order valence-corrected chi connectivity index (χ0v) is 22.6. The number of aryl methyl sites for hydroxylation is 2. The summed E-state index contributed by atoms with van der Waals surface area (Å²) in [6.45, 7) is 0.329. The number of nitrogens with two attached hydrogens (primary N) is 1. The average Bonchev–Trinajstić information content (AvgIpc) is 2.91. The molecule has 6 nitrogen and oxygen atoms in total. The van der Waals surface area contributed by atoms with Crippen LogP contribution in [0.3, 0.4) is 0 Å². The van der Waals surface area contributed by atoms with Gasteiger partial charge in [-0.15, -0.1) is 12.4 Å². The number of rotatable bonds is 14. The third-order valence-electron chi connectivity index (χ3n) is 6.21. The second kappa shape index (κ2) is 17.1. The first-order valence-electron chi connectivity index (χ1n) is 13.0. The van der Waals surface area contributed by atoms with E-state index < -0.39 is 6.04 Å². The van der Waals surface area contributed by atoms with Crippen LogP contribution < -0.4 is 16.4 Å². The van der Waals surface area contributed by atoms with E-state index in [1.54, 1.807) is 0 Å². The summed E-state index contributed by atoms with van der Waals surface area (Å²) in [5.41, 5.74) is 10.4. The van der Waals surface area contributed by atoms with Gasteiger partial charge in [-0.1, -0.05) is 84.9 Å². The van der Waals surface area contributed by atoms with Gasteiger partial charge in [0.15, 0.2) is 0 Å². The van der Waals surface area contributed by atoms with Crippen molar-refractivity contribution in [2.24, 2.45) is 5.73 Å². The van der Waals surface area contributed by atoms with E-state index in [9.17, 15) is 14.4 Å². The van der Waals surface area contributed by atoms with Crippen LogP contribution in [0.2, 0.25) is 0 Å². The van der Waals surface area contributed by atoms with E-state index in [4.69, 9.17) is 5.73 Å². The lowest BCUT2D eigenvalue weighted by atomic mass is 10.0. The van der Waals surface area contributed by atoms with Crippen LogP contribution in [0, 0.1) is 0 Å². The highest BCUT2D eigenvalue weighted by atomic mass is 35.5. The van der Waals surface area contributed by atoms with Crippen LogP contribution in [0.25, 0.3) is 0 Å². The van der Waals surface area contributed by atoms with Crippen molar-refractivity contribution in [2.45, 2.75) is 57.4 Å². The van der Waals surface area contributed by atoms with E-state index in [2.05, 4.69) is 47.0 Å². The van der Waals surface area contributed by atoms with E-state index in [1.807, 2.05) is 48.5 Å².